The van der Waals surface area contributed by atoms with E-state index in [4.69, 9.17) is 0 Å². The third-order valence-corrected chi connectivity index (χ3v) is 4.56. The minimum Gasteiger partial charge on any atom is -0.206 e. The van der Waals surface area contributed by atoms with Crippen LogP contribution in [0.2, 0.25) is 0 Å². The Kier molecular flexibility index (Phi) is 6.16. The number of aryl methyl sites for hydroxylation is 1. The highest BCUT2D eigenvalue weighted by Gasteiger charge is 2.25. The van der Waals surface area contributed by atoms with E-state index >= 15 is 0 Å². The molecule has 0 nitrogen and oxygen atoms in total. The van der Waals surface area contributed by atoms with Crippen molar-refractivity contribution in [1.82, 2.24) is 0 Å². The van der Waals surface area contributed by atoms with E-state index in [9.17, 15) is 22.0 Å². The second-order valence-electron chi connectivity index (χ2n) is 6.75. The average Bonchev–Trinajstić information content (AvgIpc) is 2.68. The van der Waals surface area contributed by atoms with E-state index in [1.165, 1.54) is 35.9 Å². The summed E-state index contributed by atoms with van der Waals surface area (Å²) in [6.07, 6.45) is -3.09. The van der Waals surface area contributed by atoms with Gasteiger partial charge in [-0.1, -0.05) is 74.0 Å². The van der Waals surface area contributed by atoms with Crippen LogP contribution in [0.25, 0.3) is 28.1 Å². The molecule has 0 aliphatic heterocycles. The predicted octanol–water partition coefficient (Wildman–Crippen LogP) is 7.98. The fourth-order valence-corrected chi connectivity index (χ4v) is 3.12. The van der Waals surface area contributed by atoms with Crippen LogP contribution in [0, 0.1) is 5.82 Å². The first kappa shape index (κ1) is 20.8. The Morgan fingerprint density at radius 1 is 0.828 bits per heavy atom. The van der Waals surface area contributed by atoms with Crippen LogP contribution in [0.4, 0.5) is 22.0 Å². The minimum absolute atomic E-state index is 0.213. The Morgan fingerprint density at radius 2 is 1.41 bits per heavy atom. The lowest BCUT2D eigenvalue weighted by Gasteiger charge is -2.09. The molecule has 0 fully saturated rings. The van der Waals surface area contributed by atoms with Crippen LogP contribution in [-0.4, -0.2) is 6.18 Å². The maximum atomic E-state index is 14.7. The Morgan fingerprint density at radius 3 is 1.97 bits per heavy atom. The Hall–Kier alpha value is -2.95. The van der Waals surface area contributed by atoms with Crippen LogP contribution < -0.4 is 0 Å². The summed E-state index contributed by atoms with van der Waals surface area (Å²) >= 11 is 0. The summed E-state index contributed by atoms with van der Waals surface area (Å²) in [6.45, 7) is 2.11. The predicted molar refractivity (Wildman–Crippen MR) is 106 cm³/mol. The van der Waals surface area contributed by atoms with Crippen molar-refractivity contribution in [1.29, 1.82) is 0 Å². The van der Waals surface area contributed by atoms with Crippen LogP contribution in [0.3, 0.4) is 0 Å². The van der Waals surface area contributed by atoms with Crippen LogP contribution in [0.15, 0.2) is 72.8 Å². The maximum absolute atomic E-state index is 14.7. The zero-order chi connectivity index (χ0) is 21.0. The Balaban J connectivity index is 1.84. The zero-order valence-corrected chi connectivity index (χ0v) is 15.7. The fourth-order valence-electron chi connectivity index (χ4n) is 3.12. The number of allylic oxidation sites excluding steroid dienone is 1. The summed E-state index contributed by atoms with van der Waals surface area (Å²) in [5.41, 5.74) is 3.38. The first-order chi connectivity index (χ1) is 13.8. The van der Waals surface area contributed by atoms with Crippen LogP contribution >= 0.6 is 0 Å². The molecule has 0 spiro atoms. The molecule has 150 valence electrons. The zero-order valence-electron chi connectivity index (χ0n) is 15.7. The molecule has 0 aliphatic carbocycles. The van der Waals surface area contributed by atoms with Crippen LogP contribution in [-0.2, 0) is 6.42 Å². The highest BCUT2D eigenvalue weighted by molar-refractivity contribution is 5.72. The molecular formula is C24H19F5. The van der Waals surface area contributed by atoms with Crippen LogP contribution in [0.1, 0.15) is 24.5 Å². The molecule has 0 unspecified atom stereocenters. The van der Waals surface area contributed by atoms with Gasteiger partial charge in [-0.05, 0) is 34.7 Å². The second-order valence-corrected chi connectivity index (χ2v) is 6.75. The SMILES string of the molecule is CCCc1ccc(-c2ccc(-c3ccc(/C(F)=C/C(F)(F)F)cc3)c(F)c2)cc1. The number of rotatable bonds is 5. The van der Waals surface area contributed by atoms with E-state index in [0.29, 0.717) is 11.1 Å². The molecule has 0 saturated carbocycles. The third-order valence-electron chi connectivity index (χ3n) is 4.56. The van der Waals surface area contributed by atoms with E-state index in [-0.39, 0.29) is 5.56 Å². The van der Waals surface area contributed by atoms with E-state index < -0.39 is 23.9 Å². The second kappa shape index (κ2) is 8.60. The fraction of sp³-hybridized carbons (Fsp3) is 0.167. The first-order valence-electron chi connectivity index (χ1n) is 9.21. The van der Waals surface area contributed by atoms with Crippen molar-refractivity contribution in [2.45, 2.75) is 25.9 Å². The number of hydrogen-bond donors (Lipinski definition) is 0. The average molecular weight is 402 g/mol. The maximum Gasteiger partial charge on any atom is 0.412 e. The van der Waals surface area contributed by atoms with Crippen molar-refractivity contribution in [3.8, 4) is 22.3 Å². The summed E-state index contributed by atoms with van der Waals surface area (Å²) in [7, 11) is 0. The monoisotopic (exact) mass is 402 g/mol. The van der Waals surface area contributed by atoms with Gasteiger partial charge in [-0.3, -0.25) is 0 Å². The molecule has 0 atom stereocenters. The number of hydrogen-bond acceptors (Lipinski definition) is 0. The quantitative estimate of drug-likeness (QED) is 0.380. The van der Waals surface area contributed by atoms with E-state index in [0.717, 1.165) is 24.0 Å². The van der Waals surface area contributed by atoms with Crippen molar-refractivity contribution in [3.05, 3.63) is 89.8 Å². The third kappa shape index (κ3) is 5.31. The lowest BCUT2D eigenvalue weighted by Crippen LogP contribution is -2.01. The van der Waals surface area contributed by atoms with Gasteiger partial charge in [0.15, 0.2) is 0 Å². The largest absolute Gasteiger partial charge is 0.412 e. The molecule has 29 heavy (non-hydrogen) atoms. The molecule has 5 heteroatoms. The van der Waals surface area contributed by atoms with E-state index in [1.54, 1.807) is 12.1 Å². The summed E-state index contributed by atoms with van der Waals surface area (Å²) in [6, 6.07) is 18.0. The van der Waals surface area contributed by atoms with Gasteiger partial charge in [-0.15, -0.1) is 0 Å². The molecule has 0 saturated heterocycles. The molecule has 0 radical (unpaired) electrons. The van der Waals surface area contributed by atoms with E-state index in [2.05, 4.69) is 6.92 Å². The van der Waals surface area contributed by atoms with Gasteiger partial charge in [0, 0.05) is 11.1 Å². The van der Waals surface area contributed by atoms with Crippen LogP contribution in [0.5, 0.6) is 0 Å². The highest BCUT2D eigenvalue weighted by atomic mass is 19.4. The van der Waals surface area contributed by atoms with E-state index in [1.807, 2.05) is 24.3 Å². The molecule has 0 heterocycles. The first-order valence-corrected chi connectivity index (χ1v) is 9.21. The van der Waals surface area contributed by atoms with Gasteiger partial charge in [0.05, 0.1) is 6.08 Å². The number of alkyl halides is 3. The van der Waals surface area contributed by atoms with Gasteiger partial charge in [0.2, 0.25) is 0 Å². The summed E-state index contributed by atoms with van der Waals surface area (Å²) < 4.78 is 65.1. The molecule has 0 N–H and O–H groups in total. The standard InChI is InChI=1S/C24H19F5/c1-2-3-16-4-6-17(7-5-16)20-12-13-21(22(25)14-20)18-8-10-19(11-9-18)23(26)15-24(27,28)29/h4-15H,2-3H2,1H3/b23-15-. The molecule has 0 bridgehead atoms. The van der Waals surface area contributed by atoms with Gasteiger partial charge in [-0.2, -0.15) is 13.2 Å². The van der Waals surface area contributed by atoms with Gasteiger partial charge in [0.25, 0.3) is 0 Å². The van der Waals surface area contributed by atoms with Crippen molar-refractivity contribution in [2.24, 2.45) is 0 Å². The van der Waals surface area contributed by atoms with Crippen molar-refractivity contribution in [2.75, 3.05) is 0 Å². The summed E-state index contributed by atoms with van der Waals surface area (Å²) in [5.74, 6) is -1.84. The lowest BCUT2D eigenvalue weighted by molar-refractivity contribution is -0.0798. The number of benzene rings is 3. The molecule has 3 aromatic carbocycles. The van der Waals surface area contributed by atoms with Gasteiger partial charge < -0.3 is 0 Å². The summed E-state index contributed by atoms with van der Waals surface area (Å²) in [4.78, 5) is 0. The molecule has 3 rings (SSSR count). The van der Waals surface area contributed by atoms with Crippen molar-refractivity contribution < 1.29 is 22.0 Å². The lowest BCUT2D eigenvalue weighted by atomic mass is 9.98. The normalized spacial score (nSPS) is 12.3. The molecule has 0 amide bonds. The highest BCUT2D eigenvalue weighted by Crippen LogP contribution is 2.30. The van der Waals surface area contributed by atoms with Crippen molar-refractivity contribution >= 4 is 5.83 Å². The number of halogens is 5. The molecular weight excluding hydrogens is 383 g/mol. The van der Waals surface area contributed by atoms with Gasteiger partial charge in [-0.25, -0.2) is 8.78 Å². The molecule has 3 aromatic rings. The van der Waals surface area contributed by atoms with Gasteiger partial charge in [0.1, 0.15) is 11.6 Å². The minimum atomic E-state index is -4.74. The topological polar surface area (TPSA) is 0 Å². The smallest absolute Gasteiger partial charge is 0.206 e. The summed E-state index contributed by atoms with van der Waals surface area (Å²) in [5, 5.41) is 0. The van der Waals surface area contributed by atoms with Gasteiger partial charge >= 0.3 is 6.18 Å². The van der Waals surface area contributed by atoms with Crippen molar-refractivity contribution in [3.63, 3.8) is 0 Å². The molecule has 0 aromatic heterocycles. The molecule has 0 aliphatic rings. The Labute approximate surface area is 166 Å². The Bertz CT molecular complexity index is 997.